The quantitative estimate of drug-likeness (QED) is 0.215. The highest BCUT2D eigenvalue weighted by Crippen LogP contribution is 2.34. The molecule has 0 unspecified atom stereocenters. The molecule has 0 atom stereocenters. The van der Waals surface area contributed by atoms with Crippen LogP contribution in [0.3, 0.4) is 0 Å². The second-order valence-corrected chi connectivity index (χ2v) is 11.6. The van der Waals surface area contributed by atoms with Gasteiger partial charge in [0, 0.05) is 23.5 Å². The first kappa shape index (κ1) is 36.1. The third kappa shape index (κ3) is 12.6. The van der Waals surface area contributed by atoms with Crippen LogP contribution in [-0.4, -0.2) is 13.0 Å². The summed E-state index contributed by atoms with van der Waals surface area (Å²) in [5.74, 6) is 0.604. The van der Waals surface area contributed by atoms with Gasteiger partial charge in [-0.1, -0.05) is 102 Å². The van der Waals surface area contributed by atoms with Gasteiger partial charge in [0.1, 0.15) is 11.6 Å². The molecule has 0 aliphatic heterocycles. The zero-order chi connectivity index (χ0) is 31.8. The van der Waals surface area contributed by atoms with Gasteiger partial charge in [-0.25, -0.2) is 17.6 Å². The summed E-state index contributed by atoms with van der Waals surface area (Å²) in [6.45, 7) is 14.1. The molecule has 0 spiro atoms. The average Bonchev–Trinajstić information content (AvgIpc) is 3.45. The number of aryl methyl sites for hydroxylation is 1. The summed E-state index contributed by atoms with van der Waals surface area (Å²) in [4.78, 5) is 0. The van der Waals surface area contributed by atoms with Crippen molar-refractivity contribution < 1.29 is 17.6 Å². The van der Waals surface area contributed by atoms with Crippen LogP contribution in [0.1, 0.15) is 90.2 Å². The van der Waals surface area contributed by atoms with Crippen molar-refractivity contribution in [1.29, 1.82) is 0 Å². The summed E-state index contributed by atoms with van der Waals surface area (Å²) in [6.07, 6.45) is 7.83. The minimum absolute atomic E-state index is 0.187. The van der Waals surface area contributed by atoms with E-state index in [4.69, 9.17) is 0 Å². The topological polar surface area (TPSA) is 24.1 Å². The Kier molecular flexibility index (Phi) is 15.5. The lowest BCUT2D eigenvalue weighted by molar-refractivity contribution is 0.171. The third-order valence-corrected chi connectivity index (χ3v) is 7.71. The first-order valence-corrected chi connectivity index (χ1v) is 15.6. The van der Waals surface area contributed by atoms with E-state index in [9.17, 15) is 17.6 Å². The summed E-state index contributed by atoms with van der Waals surface area (Å²) in [7, 11) is 0. The smallest absolute Gasteiger partial charge is 0.235 e. The van der Waals surface area contributed by atoms with Gasteiger partial charge in [-0.15, -0.1) is 0 Å². The predicted octanol–water partition coefficient (Wildman–Crippen LogP) is 11.4. The van der Waals surface area contributed by atoms with Crippen LogP contribution in [0.4, 0.5) is 23.2 Å². The molecule has 236 valence electrons. The first-order chi connectivity index (χ1) is 20.5. The number of hydrogen-bond donors (Lipinski definition) is 2. The SMILES string of the molecule is C=C(CNC(CCC)(CCC)c1ccc(-c2cccc(F)c2)cc1)Nc1ccc(F)c(C)c1.CC(F)F.CC1CCCC1. The summed E-state index contributed by atoms with van der Waals surface area (Å²) in [5, 5.41) is 7.06. The van der Waals surface area contributed by atoms with E-state index in [1.807, 2.05) is 6.07 Å². The fourth-order valence-corrected chi connectivity index (χ4v) is 5.57. The van der Waals surface area contributed by atoms with Crippen LogP contribution >= 0.6 is 0 Å². The van der Waals surface area contributed by atoms with E-state index < -0.39 is 6.43 Å². The minimum Gasteiger partial charge on any atom is -0.358 e. The molecule has 0 saturated heterocycles. The van der Waals surface area contributed by atoms with Crippen LogP contribution in [0.2, 0.25) is 0 Å². The molecule has 0 radical (unpaired) electrons. The van der Waals surface area contributed by atoms with Crippen molar-refractivity contribution in [1.82, 2.24) is 5.32 Å². The van der Waals surface area contributed by atoms with Crippen LogP contribution in [0.25, 0.3) is 11.1 Å². The van der Waals surface area contributed by atoms with E-state index in [1.54, 1.807) is 31.2 Å². The molecule has 1 saturated carbocycles. The zero-order valence-corrected chi connectivity index (χ0v) is 26.6. The number of anilines is 1. The molecule has 0 amide bonds. The molecule has 3 aromatic carbocycles. The second-order valence-electron chi connectivity index (χ2n) is 11.6. The second kappa shape index (κ2) is 18.5. The highest BCUT2D eigenvalue weighted by atomic mass is 19.3. The van der Waals surface area contributed by atoms with Crippen LogP contribution in [0.15, 0.2) is 79.0 Å². The minimum atomic E-state index is -2.17. The van der Waals surface area contributed by atoms with Gasteiger partial charge >= 0.3 is 0 Å². The number of rotatable bonds is 11. The Morgan fingerprint density at radius 3 is 2.00 bits per heavy atom. The molecule has 0 bridgehead atoms. The number of hydrogen-bond acceptors (Lipinski definition) is 2. The van der Waals surface area contributed by atoms with Crippen LogP contribution in [0.5, 0.6) is 0 Å². The van der Waals surface area contributed by atoms with Gasteiger partial charge in [0.05, 0.1) is 0 Å². The van der Waals surface area contributed by atoms with Gasteiger partial charge in [0.25, 0.3) is 0 Å². The van der Waals surface area contributed by atoms with Crippen LogP contribution in [0, 0.1) is 24.5 Å². The van der Waals surface area contributed by atoms with Gasteiger partial charge in [-0.3, -0.25) is 0 Å². The third-order valence-electron chi connectivity index (χ3n) is 7.71. The molecule has 2 nitrogen and oxygen atoms in total. The number of nitrogens with one attached hydrogen (secondary N) is 2. The Hall–Kier alpha value is -3.12. The maximum absolute atomic E-state index is 13.7. The standard InChI is InChI=1S/C29H34F2N2.C6H12.C2H4F2/c1-5-16-29(17-6-2,32-20-22(4)33-27-14-15-28(31)21(3)18-27)25-12-10-23(11-13-25)24-8-7-9-26(30)19-24;1-6-4-2-3-5-6;1-2(3)4/h7-15,18-19,32-33H,4-6,16-17,20H2,1-3H3;6H,2-5H2,1H3;2H,1H3. The number of halogens is 4. The first-order valence-electron chi connectivity index (χ1n) is 15.6. The molecule has 1 fully saturated rings. The molecule has 43 heavy (non-hydrogen) atoms. The maximum atomic E-state index is 13.7. The predicted molar refractivity (Wildman–Crippen MR) is 175 cm³/mol. The molecule has 6 heteroatoms. The monoisotopic (exact) mass is 598 g/mol. The molecular formula is C37H50F4N2. The van der Waals surface area contributed by atoms with Crippen molar-refractivity contribution in [3.63, 3.8) is 0 Å². The Morgan fingerprint density at radius 2 is 1.51 bits per heavy atom. The maximum Gasteiger partial charge on any atom is 0.235 e. The highest BCUT2D eigenvalue weighted by molar-refractivity contribution is 5.64. The summed E-state index contributed by atoms with van der Waals surface area (Å²) in [5.41, 5.74) is 5.16. The fraction of sp³-hybridized carbons (Fsp3) is 0.459. The summed E-state index contributed by atoms with van der Waals surface area (Å²) in [6, 6.07) is 20.1. The van der Waals surface area contributed by atoms with E-state index in [1.165, 1.54) is 43.4 Å². The molecular weight excluding hydrogens is 548 g/mol. The van der Waals surface area contributed by atoms with E-state index in [2.05, 4.69) is 62.2 Å². The van der Waals surface area contributed by atoms with Gasteiger partial charge in [-0.2, -0.15) is 0 Å². The lowest BCUT2D eigenvalue weighted by atomic mass is 9.81. The van der Waals surface area contributed by atoms with E-state index in [0.29, 0.717) is 12.1 Å². The van der Waals surface area contributed by atoms with Crippen molar-refractivity contribution in [2.75, 3.05) is 11.9 Å². The summed E-state index contributed by atoms with van der Waals surface area (Å²) >= 11 is 0. The Balaban J connectivity index is 0.000000548. The lowest BCUT2D eigenvalue weighted by Crippen LogP contribution is -2.43. The van der Waals surface area contributed by atoms with E-state index in [0.717, 1.165) is 61.0 Å². The van der Waals surface area contributed by atoms with Crippen molar-refractivity contribution >= 4 is 5.69 Å². The van der Waals surface area contributed by atoms with Gasteiger partial charge < -0.3 is 10.6 Å². The molecule has 0 heterocycles. The Labute approximate surface area is 257 Å². The van der Waals surface area contributed by atoms with E-state index >= 15 is 0 Å². The zero-order valence-electron chi connectivity index (χ0n) is 26.6. The Morgan fingerprint density at radius 1 is 0.907 bits per heavy atom. The van der Waals surface area contributed by atoms with Crippen molar-refractivity contribution in [3.05, 3.63) is 102 Å². The molecule has 3 aromatic rings. The van der Waals surface area contributed by atoms with Gasteiger partial charge in [-0.05, 0) is 85.2 Å². The average molecular weight is 599 g/mol. The van der Waals surface area contributed by atoms with E-state index in [-0.39, 0.29) is 17.2 Å². The van der Waals surface area contributed by atoms with Crippen LogP contribution < -0.4 is 10.6 Å². The van der Waals surface area contributed by atoms with Crippen molar-refractivity contribution in [2.45, 2.75) is 97.9 Å². The molecule has 0 aromatic heterocycles. The fourth-order valence-electron chi connectivity index (χ4n) is 5.57. The summed E-state index contributed by atoms with van der Waals surface area (Å²) < 4.78 is 47.9. The van der Waals surface area contributed by atoms with Gasteiger partial charge in [0.15, 0.2) is 0 Å². The Bertz CT molecular complexity index is 1220. The van der Waals surface area contributed by atoms with Crippen LogP contribution in [-0.2, 0) is 5.54 Å². The lowest BCUT2D eigenvalue weighted by Gasteiger charge is -2.36. The highest BCUT2D eigenvalue weighted by Gasteiger charge is 2.30. The number of benzene rings is 3. The molecule has 4 rings (SSSR count). The van der Waals surface area contributed by atoms with Crippen molar-refractivity contribution in [2.24, 2.45) is 5.92 Å². The normalized spacial score (nSPS) is 13.2. The molecule has 2 N–H and O–H groups in total. The number of alkyl halides is 2. The largest absolute Gasteiger partial charge is 0.358 e. The van der Waals surface area contributed by atoms with Crippen molar-refractivity contribution in [3.8, 4) is 11.1 Å². The molecule has 1 aliphatic rings. The van der Waals surface area contributed by atoms with Gasteiger partial charge in [0.2, 0.25) is 6.43 Å². The molecule has 1 aliphatic carbocycles.